The van der Waals surface area contributed by atoms with E-state index in [0.717, 1.165) is 5.69 Å². The fourth-order valence-electron chi connectivity index (χ4n) is 3.32. The van der Waals surface area contributed by atoms with Crippen molar-refractivity contribution in [1.82, 2.24) is 19.3 Å². The Morgan fingerprint density at radius 2 is 2.10 bits per heavy atom. The normalized spacial score (nSPS) is 18.7. The number of carbonyl (C=O) groups excluding carboxylic acids is 2. The third-order valence-electron chi connectivity index (χ3n) is 4.87. The SMILES string of the molecule is Cc1cn2cc(C(N)=O)nc(-c3cccc(C#C[C@]4(O)CCN(C)C4=O)c3)c2n1. The number of aryl methyl sites for hydroxylation is 1. The average Bonchev–Trinajstić information content (AvgIpc) is 3.20. The van der Waals surface area contributed by atoms with E-state index in [0.29, 0.717) is 29.0 Å². The second-order valence-corrected chi connectivity index (χ2v) is 7.12. The molecule has 146 valence electrons. The molecule has 8 heteroatoms. The quantitative estimate of drug-likeness (QED) is 0.628. The van der Waals surface area contributed by atoms with Crippen LogP contribution in [-0.2, 0) is 4.79 Å². The van der Waals surface area contributed by atoms with Gasteiger partial charge in [-0.25, -0.2) is 9.97 Å². The number of imidazole rings is 1. The van der Waals surface area contributed by atoms with Crippen LogP contribution in [0.2, 0.25) is 0 Å². The topological polar surface area (TPSA) is 114 Å². The minimum atomic E-state index is -1.66. The van der Waals surface area contributed by atoms with E-state index in [1.165, 1.54) is 4.90 Å². The third-order valence-corrected chi connectivity index (χ3v) is 4.87. The van der Waals surface area contributed by atoms with E-state index in [-0.39, 0.29) is 12.1 Å². The number of carbonyl (C=O) groups is 2. The van der Waals surface area contributed by atoms with Crippen LogP contribution in [0.25, 0.3) is 16.9 Å². The number of aromatic nitrogens is 3. The summed E-state index contributed by atoms with van der Waals surface area (Å²) in [6, 6.07) is 7.16. The molecule has 1 atom stereocenters. The van der Waals surface area contributed by atoms with Crippen molar-refractivity contribution < 1.29 is 14.7 Å². The number of rotatable bonds is 2. The van der Waals surface area contributed by atoms with E-state index < -0.39 is 17.4 Å². The van der Waals surface area contributed by atoms with E-state index in [9.17, 15) is 14.7 Å². The summed E-state index contributed by atoms with van der Waals surface area (Å²) in [5.74, 6) is 4.55. The van der Waals surface area contributed by atoms with Gasteiger partial charge in [-0.05, 0) is 19.1 Å². The molecule has 1 saturated heterocycles. The van der Waals surface area contributed by atoms with E-state index >= 15 is 0 Å². The van der Waals surface area contributed by atoms with Gasteiger partial charge in [0.15, 0.2) is 5.65 Å². The molecule has 0 aliphatic carbocycles. The lowest BCUT2D eigenvalue weighted by atomic mass is 10.0. The van der Waals surface area contributed by atoms with Crippen LogP contribution in [-0.4, -0.2) is 55.4 Å². The summed E-state index contributed by atoms with van der Waals surface area (Å²) in [5.41, 5.74) is 7.03. The molecular formula is C21H19N5O3. The Hall–Kier alpha value is -3.70. The van der Waals surface area contributed by atoms with Crippen LogP contribution in [0.5, 0.6) is 0 Å². The zero-order valence-electron chi connectivity index (χ0n) is 16.0. The largest absolute Gasteiger partial charge is 0.369 e. The number of primary amides is 1. The van der Waals surface area contributed by atoms with Crippen molar-refractivity contribution in [3.63, 3.8) is 0 Å². The van der Waals surface area contributed by atoms with Crippen molar-refractivity contribution in [3.8, 4) is 23.1 Å². The Labute approximate surface area is 167 Å². The summed E-state index contributed by atoms with van der Waals surface area (Å²) >= 11 is 0. The van der Waals surface area contributed by atoms with Crippen LogP contribution in [0.4, 0.5) is 0 Å². The number of benzene rings is 1. The molecule has 3 heterocycles. The number of amides is 2. The van der Waals surface area contributed by atoms with Gasteiger partial charge < -0.3 is 20.1 Å². The van der Waals surface area contributed by atoms with Gasteiger partial charge in [-0.2, -0.15) is 0 Å². The van der Waals surface area contributed by atoms with Gasteiger partial charge in [0, 0.05) is 43.5 Å². The van der Waals surface area contributed by atoms with E-state index in [4.69, 9.17) is 5.73 Å². The maximum Gasteiger partial charge on any atom is 0.268 e. The molecule has 1 aliphatic rings. The lowest BCUT2D eigenvalue weighted by molar-refractivity contribution is -0.137. The third kappa shape index (κ3) is 3.32. The van der Waals surface area contributed by atoms with Crippen molar-refractivity contribution in [2.24, 2.45) is 5.73 Å². The van der Waals surface area contributed by atoms with Gasteiger partial charge in [0.2, 0.25) is 5.60 Å². The summed E-state index contributed by atoms with van der Waals surface area (Å²) in [5, 5.41) is 10.5. The summed E-state index contributed by atoms with van der Waals surface area (Å²) in [7, 11) is 1.64. The zero-order chi connectivity index (χ0) is 20.8. The fraction of sp³-hybridized carbons (Fsp3) is 0.238. The maximum absolute atomic E-state index is 12.1. The van der Waals surface area contributed by atoms with Crippen molar-refractivity contribution in [1.29, 1.82) is 0 Å². The molecule has 1 fully saturated rings. The minimum absolute atomic E-state index is 0.121. The van der Waals surface area contributed by atoms with Crippen LogP contribution in [0.3, 0.4) is 0 Å². The Kier molecular flexibility index (Phi) is 4.32. The maximum atomic E-state index is 12.1. The van der Waals surface area contributed by atoms with Crippen molar-refractivity contribution in [2.75, 3.05) is 13.6 Å². The van der Waals surface area contributed by atoms with E-state index in [1.807, 2.05) is 13.0 Å². The lowest BCUT2D eigenvalue weighted by Crippen LogP contribution is -2.37. The lowest BCUT2D eigenvalue weighted by Gasteiger charge is -2.13. The summed E-state index contributed by atoms with van der Waals surface area (Å²) in [4.78, 5) is 34.1. The first-order valence-corrected chi connectivity index (χ1v) is 9.04. The molecule has 2 amide bonds. The second-order valence-electron chi connectivity index (χ2n) is 7.12. The molecule has 0 radical (unpaired) electrons. The van der Waals surface area contributed by atoms with Crippen LogP contribution >= 0.6 is 0 Å². The Bertz CT molecular complexity index is 1220. The number of hydrogen-bond donors (Lipinski definition) is 2. The summed E-state index contributed by atoms with van der Waals surface area (Å²) < 4.78 is 1.71. The molecule has 1 aliphatic heterocycles. The minimum Gasteiger partial charge on any atom is -0.369 e. The first kappa shape index (κ1) is 18.7. The number of nitrogens with two attached hydrogens (primary N) is 1. The summed E-state index contributed by atoms with van der Waals surface area (Å²) in [6.45, 7) is 2.31. The van der Waals surface area contributed by atoms with Gasteiger partial charge in [0.25, 0.3) is 11.8 Å². The molecule has 8 nitrogen and oxygen atoms in total. The molecule has 4 rings (SSSR count). The molecule has 2 aromatic heterocycles. The standard InChI is InChI=1S/C21H19N5O3/c1-13-11-26-12-16(18(22)27)24-17(19(26)23-13)15-5-3-4-14(10-15)6-7-21(29)8-9-25(2)20(21)28/h3-5,10-12,29H,8-9H2,1-2H3,(H2,22,27)/t21-/m0/s1. The highest BCUT2D eigenvalue weighted by atomic mass is 16.3. The van der Waals surface area contributed by atoms with Gasteiger partial charge in [-0.15, -0.1) is 0 Å². The number of aliphatic hydroxyl groups is 1. The molecule has 0 spiro atoms. The molecule has 1 aromatic carbocycles. The fourth-order valence-corrected chi connectivity index (χ4v) is 3.32. The number of likely N-dealkylation sites (tertiary alicyclic amines) is 1. The molecule has 29 heavy (non-hydrogen) atoms. The van der Waals surface area contributed by atoms with Crippen molar-refractivity contribution in [2.45, 2.75) is 18.9 Å². The second kappa shape index (κ2) is 6.72. The van der Waals surface area contributed by atoms with Gasteiger partial charge in [-0.3, -0.25) is 9.59 Å². The van der Waals surface area contributed by atoms with Gasteiger partial charge in [-0.1, -0.05) is 24.0 Å². The van der Waals surface area contributed by atoms with Crippen LogP contribution in [0.15, 0.2) is 36.7 Å². The summed E-state index contributed by atoms with van der Waals surface area (Å²) in [6.07, 6.45) is 3.60. The van der Waals surface area contributed by atoms with E-state index in [2.05, 4.69) is 21.8 Å². The Morgan fingerprint density at radius 3 is 2.79 bits per heavy atom. The molecule has 3 N–H and O–H groups in total. The molecule has 0 unspecified atom stereocenters. The van der Waals surface area contributed by atoms with Crippen molar-refractivity contribution in [3.05, 3.63) is 53.6 Å². The number of hydrogen-bond acceptors (Lipinski definition) is 5. The predicted molar refractivity (Wildman–Crippen MR) is 106 cm³/mol. The van der Waals surface area contributed by atoms with Crippen molar-refractivity contribution >= 4 is 17.5 Å². The number of fused-ring (bicyclic) bond motifs is 1. The van der Waals surface area contributed by atoms with Crippen LogP contribution in [0.1, 0.15) is 28.2 Å². The van der Waals surface area contributed by atoms with Crippen LogP contribution < -0.4 is 5.73 Å². The monoisotopic (exact) mass is 389 g/mol. The Morgan fingerprint density at radius 1 is 1.31 bits per heavy atom. The Balaban J connectivity index is 1.78. The highest BCUT2D eigenvalue weighted by Crippen LogP contribution is 2.25. The highest BCUT2D eigenvalue weighted by Gasteiger charge is 2.42. The van der Waals surface area contributed by atoms with Crippen LogP contribution in [0, 0.1) is 18.8 Å². The van der Waals surface area contributed by atoms with Gasteiger partial charge in [0.1, 0.15) is 11.4 Å². The number of nitrogens with zero attached hydrogens (tertiary/aromatic N) is 4. The number of likely N-dealkylation sites (N-methyl/N-ethyl adjacent to an activating group) is 1. The molecular weight excluding hydrogens is 370 g/mol. The van der Waals surface area contributed by atoms with E-state index in [1.54, 1.807) is 42.0 Å². The average molecular weight is 389 g/mol. The molecule has 0 saturated carbocycles. The zero-order valence-corrected chi connectivity index (χ0v) is 16.0. The molecule has 0 bridgehead atoms. The smallest absolute Gasteiger partial charge is 0.268 e. The van der Waals surface area contributed by atoms with Gasteiger partial charge >= 0.3 is 0 Å². The first-order chi connectivity index (χ1) is 13.8. The molecule has 3 aromatic rings. The van der Waals surface area contributed by atoms with Gasteiger partial charge in [0.05, 0.1) is 5.69 Å². The highest BCUT2D eigenvalue weighted by molar-refractivity contribution is 5.92. The first-order valence-electron chi connectivity index (χ1n) is 9.04. The predicted octanol–water partition coefficient (Wildman–Crippen LogP) is 0.748.